The largest absolute Gasteiger partial charge is 0.481 e. The molecule has 0 bridgehead atoms. The lowest BCUT2D eigenvalue weighted by molar-refractivity contribution is -0.137. The first kappa shape index (κ1) is 12.2. The van der Waals surface area contributed by atoms with E-state index in [2.05, 4.69) is 10.2 Å². The molecule has 7 heteroatoms. The molecule has 1 saturated carbocycles. The number of thioether (sulfide) groups is 1. The molecule has 17 heavy (non-hydrogen) atoms. The molecule has 1 aromatic rings. The first-order chi connectivity index (χ1) is 8.08. The zero-order valence-electron chi connectivity index (χ0n) is 9.55. The summed E-state index contributed by atoms with van der Waals surface area (Å²) in [5, 5.41) is 15.8. The maximum atomic E-state index is 11.5. The lowest BCUT2D eigenvalue weighted by Crippen LogP contribution is -2.16. The van der Waals surface area contributed by atoms with E-state index < -0.39 is 5.97 Å². The second-order valence-corrected chi connectivity index (χ2v) is 5.68. The normalized spacial score (nSPS) is 17.0. The van der Waals surface area contributed by atoms with Crippen LogP contribution in [0.1, 0.15) is 38.6 Å². The van der Waals surface area contributed by atoms with Gasteiger partial charge in [-0.3, -0.25) is 9.36 Å². The number of hydrogen-bond acceptors (Lipinski definition) is 4. The number of H-pyrrole nitrogens is 1. The van der Waals surface area contributed by atoms with Crippen LogP contribution in [-0.4, -0.2) is 31.1 Å². The maximum absolute atomic E-state index is 11.5. The standard InChI is InChI=1S/C10H15N3O3S/c1-6(2-5-8(14)15)17-10-12-11-9(16)13(10)7-3-4-7/h6-7H,2-5H2,1H3,(H,11,16)(H,14,15). The van der Waals surface area contributed by atoms with Crippen molar-refractivity contribution in [3.8, 4) is 0 Å². The van der Waals surface area contributed by atoms with Crippen molar-refractivity contribution >= 4 is 17.7 Å². The lowest BCUT2D eigenvalue weighted by atomic mass is 10.2. The third-order valence-corrected chi connectivity index (χ3v) is 3.79. The highest BCUT2D eigenvalue weighted by Gasteiger charge is 2.29. The van der Waals surface area contributed by atoms with Gasteiger partial charge < -0.3 is 5.11 Å². The molecule has 0 amide bonds. The van der Waals surface area contributed by atoms with Gasteiger partial charge in [-0.1, -0.05) is 18.7 Å². The molecule has 0 aromatic carbocycles. The molecule has 0 aliphatic heterocycles. The third-order valence-electron chi connectivity index (χ3n) is 2.66. The van der Waals surface area contributed by atoms with Crippen LogP contribution in [0.4, 0.5) is 0 Å². The van der Waals surface area contributed by atoms with Crippen molar-refractivity contribution in [3.63, 3.8) is 0 Å². The molecule has 0 saturated heterocycles. The summed E-state index contributed by atoms with van der Waals surface area (Å²) in [6.45, 7) is 1.95. The van der Waals surface area contributed by atoms with Gasteiger partial charge in [0, 0.05) is 17.7 Å². The zero-order chi connectivity index (χ0) is 12.4. The van der Waals surface area contributed by atoms with Gasteiger partial charge in [0.15, 0.2) is 5.16 Å². The van der Waals surface area contributed by atoms with Gasteiger partial charge in [0.2, 0.25) is 0 Å². The summed E-state index contributed by atoms with van der Waals surface area (Å²) in [4.78, 5) is 22.0. The lowest BCUT2D eigenvalue weighted by Gasteiger charge is -2.09. The minimum Gasteiger partial charge on any atom is -0.481 e. The molecular weight excluding hydrogens is 242 g/mol. The van der Waals surface area contributed by atoms with E-state index in [-0.39, 0.29) is 23.4 Å². The van der Waals surface area contributed by atoms with Crippen LogP contribution in [-0.2, 0) is 4.79 Å². The monoisotopic (exact) mass is 257 g/mol. The van der Waals surface area contributed by atoms with Gasteiger partial charge in [0.05, 0.1) is 0 Å². The number of rotatable bonds is 6. The van der Waals surface area contributed by atoms with Gasteiger partial charge in [-0.15, -0.1) is 5.10 Å². The van der Waals surface area contributed by atoms with Gasteiger partial charge in [-0.05, 0) is 19.3 Å². The Balaban J connectivity index is 1.98. The fraction of sp³-hybridized carbons (Fsp3) is 0.700. The second-order valence-electron chi connectivity index (χ2n) is 4.27. The molecule has 1 atom stereocenters. The summed E-state index contributed by atoms with van der Waals surface area (Å²) in [5.74, 6) is -0.793. The highest BCUT2D eigenvalue weighted by atomic mass is 32.2. The molecule has 94 valence electrons. The SMILES string of the molecule is CC(CCC(=O)O)Sc1n[nH]c(=O)n1C1CC1. The summed E-state index contributed by atoms with van der Waals surface area (Å²) in [6, 6.07) is 0.287. The number of carboxylic acids is 1. The van der Waals surface area contributed by atoms with Crippen LogP contribution in [0.5, 0.6) is 0 Å². The molecular formula is C10H15N3O3S. The Labute approximate surface area is 102 Å². The van der Waals surface area contributed by atoms with Crippen LogP contribution in [0, 0.1) is 0 Å². The van der Waals surface area contributed by atoms with Gasteiger partial charge in [-0.2, -0.15) is 0 Å². The Bertz CT molecular complexity index is 464. The van der Waals surface area contributed by atoms with E-state index in [1.54, 1.807) is 4.57 Å². The van der Waals surface area contributed by atoms with E-state index in [1.165, 1.54) is 11.8 Å². The molecule has 1 heterocycles. The summed E-state index contributed by atoms with van der Waals surface area (Å²) in [6.07, 6.45) is 2.77. The number of aliphatic carboxylic acids is 1. The number of aromatic amines is 1. The summed E-state index contributed by atoms with van der Waals surface area (Å²) >= 11 is 1.46. The topological polar surface area (TPSA) is 88.0 Å². The minimum atomic E-state index is -0.793. The van der Waals surface area contributed by atoms with Crippen LogP contribution in [0.25, 0.3) is 0 Å². The van der Waals surface area contributed by atoms with Gasteiger partial charge >= 0.3 is 11.7 Å². The molecule has 1 aromatic heterocycles. The van der Waals surface area contributed by atoms with Crippen LogP contribution < -0.4 is 5.69 Å². The third kappa shape index (κ3) is 3.12. The number of nitrogens with one attached hydrogen (secondary N) is 1. The van der Waals surface area contributed by atoms with Gasteiger partial charge in [-0.25, -0.2) is 9.89 Å². The number of carboxylic acid groups (broad SMARTS) is 1. The Morgan fingerprint density at radius 2 is 2.41 bits per heavy atom. The van der Waals surface area contributed by atoms with Crippen molar-refractivity contribution in [1.29, 1.82) is 0 Å². The predicted molar refractivity (Wildman–Crippen MR) is 63.3 cm³/mol. The average molecular weight is 257 g/mol. The van der Waals surface area contributed by atoms with Crippen molar-refractivity contribution in [2.75, 3.05) is 0 Å². The van der Waals surface area contributed by atoms with E-state index in [0.29, 0.717) is 11.6 Å². The van der Waals surface area contributed by atoms with Crippen LogP contribution in [0.2, 0.25) is 0 Å². The average Bonchev–Trinajstić information content (AvgIpc) is 3.02. The van der Waals surface area contributed by atoms with Crippen molar-refractivity contribution in [3.05, 3.63) is 10.5 Å². The highest BCUT2D eigenvalue weighted by Crippen LogP contribution is 2.37. The maximum Gasteiger partial charge on any atom is 0.344 e. The van der Waals surface area contributed by atoms with Gasteiger partial charge in [0.25, 0.3) is 0 Å². The molecule has 0 spiro atoms. The molecule has 1 aliphatic carbocycles. The Morgan fingerprint density at radius 1 is 1.71 bits per heavy atom. The van der Waals surface area contributed by atoms with Crippen molar-refractivity contribution in [1.82, 2.24) is 14.8 Å². The van der Waals surface area contributed by atoms with E-state index >= 15 is 0 Å². The first-order valence-corrected chi connectivity index (χ1v) is 6.51. The van der Waals surface area contributed by atoms with Crippen LogP contribution in [0.3, 0.4) is 0 Å². The van der Waals surface area contributed by atoms with E-state index in [0.717, 1.165) is 12.8 Å². The number of carbonyl (C=O) groups is 1. The van der Waals surface area contributed by atoms with Gasteiger partial charge in [0.1, 0.15) is 0 Å². The summed E-state index contributed by atoms with van der Waals surface area (Å²) in [5.41, 5.74) is -0.166. The molecule has 1 aliphatic rings. The fourth-order valence-corrected chi connectivity index (χ4v) is 2.63. The Hall–Kier alpha value is -1.24. The summed E-state index contributed by atoms with van der Waals surface area (Å²) < 4.78 is 1.68. The molecule has 2 N–H and O–H groups in total. The van der Waals surface area contributed by atoms with Crippen LogP contribution >= 0.6 is 11.8 Å². The predicted octanol–water partition coefficient (Wildman–Crippen LogP) is 1.25. The second kappa shape index (κ2) is 4.95. The quantitative estimate of drug-likeness (QED) is 0.749. The minimum absolute atomic E-state index is 0.138. The fourth-order valence-electron chi connectivity index (χ4n) is 1.59. The van der Waals surface area contributed by atoms with Crippen LogP contribution in [0.15, 0.2) is 9.95 Å². The van der Waals surface area contributed by atoms with Crippen molar-refractivity contribution in [2.24, 2.45) is 0 Å². The van der Waals surface area contributed by atoms with E-state index in [4.69, 9.17) is 5.11 Å². The van der Waals surface area contributed by atoms with E-state index in [1.807, 2.05) is 6.92 Å². The number of nitrogens with zero attached hydrogens (tertiary/aromatic N) is 2. The zero-order valence-corrected chi connectivity index (χ0v) is 10.4. The molecule has 2 rings (SSSR count). The number of aromatic nitrogens is 3. The first-order valence-electron chi connectivity index (χ1n) is 5.63. The molecule has 6 nitrogen and oxygen atoms in total. The highest BCUT2D eigenvalue weighted by molar-refractivity contribution is 7.99. The molecule has 1 fully saturated rings. The van der Waals surface area contributed by atoms with Crippen molar-refractivity contribution < 1.29 is 9.90 Å². The Morgan fingerprint density at radius 3 is 3.00 bits per heavy atom. The van der Waals surface area contributed by atoms with Crippen molar-refractivity contribution in [2.45, 2.75) is 49.1 Å². The van der Waals surface area contributed by atoms with E-state index in [9.17, 15) is 9.59 Å². The molecule has 0 radical (unpaired) electrons. The Kier molecular flexibility index (Phi) is 3.56. The smallest absolute Gasteiger partial charge is 0.344 e. The number of hydrogen-bond donors (Lipinski definition) is 2. The summed E-state index contributed by atoms with van der Waals surface area (Å²) in [7, 11) is 0. The molecule has 1 unspecified atom stereocenters.